The summed E-state index contributed by atoms with van der Waals surface area (Å²) in [6.45, 7) is -2.41. The van der Waals surface area contributed by atoms with E-state index in [9.17, 15) is 13.2 Å². The van der Waals surface area contributed by atoms with Crippen LogP contribution in [0.3, 0.4) is 0 Å². The molecule has 1 heterocycles. The highest BCUT2D eigenvalue weighted by atomic mass is 32.2. The van der Waals surface area contributed by atoms with Gasteiger partial charge in [-0.3, -0.25) is 0 Å². The van der Waals surface area contributed by atoms with Crippen molar-refractivity contribution >= 4 is 34.9 Å². The maximum atomic E-state index is 13.4. The van der Waals surface area contributed by atoms with E-state index in [4.69, 9.17) is 5.73 Å². The Morgan fingerprint density at radius 2 is 2.20 bits per heavy atom. The number of nitrogens with one attached hydrogen (secondary N) is 1. The number of rotatable bonds is 5. The summed E-state index contributed by atoms with van der Waals surface area (Å²) in [4.78, 5) is 0. The van der Waals surface area contributed by atoms with E-state index >= 15 is 0 Å². The predicted octanol–water partition coefficient (Wildman–Crippen LogP) is 3.27. The molecule has 20 heavy (non-hydrogen) atoms. The minimum atomic E-state index is -3.06. The molecular formula is C12H15F3N2OS2. The van der Waals surface area contributed by atoms with Gasteiger partial charge in [-0.1, -0.05) is 0 Å². The molecule has 3 N–H and O–H groups in total. The third-order valence-corrected chi connectivity index (χ3v) is 5.57. The van der Waals surface area contributed by atoms with Gasteiger partial charge in [0.15, 0.2) is 11.6 Å². The Morgan fingerprint density at radius 1 is 1.40 bits per heavy atom. The molecule has 1 aliphatic rings. The summed E-state index contributed by atoms with van der Waals surface area (Å²) >= 11 is 3.74. The van der Waals surface area contributed by atoms with Crippen molar-refractivity contribution in [2.75, 3.05) is 34.9 Å². The molecule has 0 bridgehead atoms. The molecule has 1 saturated heterocycles. The van der Waals surface area contributed by atoms with Gasteiger partial charge in [-0.15, -0.1) is 0 Å². The van der Waals surface area contributed by atoms with Crippen molar-refractivity contribution in [1.29, 1.82) is 0 Å². The zero-order chi connectivity index (χ0) is 14.5. The highest BCUT2D eigenvalue weighted by molar-refractivity contribution is 8.06. The van der Waals surface area contributed by atoms with E-state index in [0.717, 1.165) is 23.3 Å². The van der Waals surface area contributed by atoms with Crippen molar-refractivity contribution in [2.45, 2.75) is 11.9 Å². The van der Waals surface area contributed by atoms with E-state index in [1.807, 2.05) is 23.5 Å². The first-order chi connectivity index (χ1) is 9.56. The molecule has 112 valence electrons. The standard InChI is InChI=1S/C12H15F3N2OS2/c13-8-3-9(16)10(4-11(8)18-12(14)15)17-5-7-6-19-1-2-20-7/h3-4,7,12,17H,1-2,5-6,16H2. The molecule has 8 heteroatoms. The van der Waals surface area contributed by atoms with Gasteiger partial charge in [0.1, 0.15) is 0 Å². The summed E-state index contributed by atoms with van der Waals surface area (Å²) in [5.74, 6) is 1.87. The van der Waals surface area contributed by atoms with Crippen LogP contribution in [-0.4, -0.2) is 35.7 Å². The minimum absolute atomic E-state index is 0.178. The van der Waals surface area contributed by atoms with Crippen LogP contribution in [0.2, 0.25) is 0 Å². The van der Waals surface area contributed by atoms with Gasteiger partial charge < -0.3 is 15.8 Å². The number of halogens is 3. The minimum Gasteiger partial charge on any atom is -0.432 e. The summed E-state index contributed by atoms with van der Waals surface area (Å²) in [6.07, 6.45) is 0. The summed E-state index contributed by atoms with van der Waals surface area (Å²) in [7, 11) is 0. The first-order valence-electron chi connectivity index (χ1n) is 6.03. The summed E-state index contributed by atoms with van der Waals surface area (Å²) in [5.41, 5.74) is 6.27. The number of thioether (sulfide) groups is 2. The van der Waals surface area contributed by atoms with Crippen molar-refractivity contribution in [3.8, 4) is 5.75 Å². The van der Waals surface area contributed by atoms with Crippen LogP contribution >= 0.6 is 23.5 Å². The van der Waals surface area contributed by atoms with E-state index in [-0.39, 0.29) is 5.69 Å². The number of nitrogen functional groups attached to an aromatic ring is 1. The van der Waals surface area contributed by atoms with Gasteiger partial charge in [-0.25, -0.2) is 4.39 Å². The largest absolute Gasteiger partial charge is 0.432 e. The molecular weight excluding hydrogens is 309 g/mol. The van der Waals surface area contributed by atoms with E-state index < -0.39 is 18.2 Å². The van der Waals surface area contributed by atoms with Crippen LogP contribution in [0.5, 0.6) is 5.75 Å². The van der Waals surface area contributed by atoms with Crippen LogP contribution in [0.1, 0.15) is 0 Å². The molecule has 2 rings (SSSR count). The lowest BCUT2D eigenvalue weighted by Gasteiger charge is -2.22. The Labute approximate surface area is 123 Å². The Kier molecular flexibility index (Phi) is 5.59. The molecule has 0 radical (unpaired) electrons. The number of hydrogen-bond donors (Lipinski definition) is 2. The van der Waals surface area contributed by atoms with Crippen molar-refractivity contribution in [1.82, 2.24) is 0 Å². The fourth-order valence-electron chi connectivity index (χ4n) is 1.79. The molecule has 1 aromatic rings. The van der Waals surface area contributed by atoms with Crippen LogP contribution in [0.4, 0.5) is 24.5 Å². The SMILES string of the molecule is Nc1cc(F)c(OC(F)F)cc1NCC1CSCCS1. The maximum absolute atomic E-state index is 13.4. The monoisotopic (exact) mass is 324 g/mol. The Morgan fingerprint density at radius 3 is 2.85 bits per heavy atom. The number of hydrogen-bond acceptors (Lipinski definition) is 5. The number of anilines is 2. The molecule has 3 nitrogen and oxygen atoms in total. The third kappa shape index (κ3) is 4.31. The molecule has 0 spiro atoms. The zero-order valence-corrected chi connectivity index (χ0v) is 12.2. The molecule has 0 saturated carbocycles. The zero-order valence-electron chi connectivity index (χ0n) is 10.6. The van der Waals surface area contributed by atoms with Crippen LogP contribution in [-0.2, 0) is 0 Å². The average Bonchev–Trinajstić information content (AvgIpc) is 2.41. The molecule has 0 aromatic heterocycles. The fraction of sp³-hybridized carbons (Fsp3) is 0.500. The highest BCUT2D eigenvalue weighted by Crippen LogP contribution is 2.30. The van der Waals surface area contributed by atoms with Crippen molar-refractivity contribution < 1.29 is 17.9 Å². The fourth-order valence-corrected chi connectivity index (χ4v) is 4.40. The lowest BCUT2D eigenvalue weighted by atomic mass is 10.2. The topological polar surface area (TPSA) is 47.3 Å². The van der Waals surface area contributed by atoms with Crippen molar-refractivity contribution in [2.24, 2.45) is 0 Å². The van der Waals surface area contributed by atoms with Gasteiger partial charge in [0.25, 0.3) is 0 Å². The van der Waals surface area contributed by atoms with Crippen LogP contribution < -0.4 is 15.8 Å². The first kappa shape index (κ1) is 15.5. The van der Waals surface area contributed by atoms with Gasteiger partial charge in [0.2, 0.25) is 0 Å². The lowest BCUT2D eigenvalue weighted by molar-refractivity contribution is -0.0521. The number of nitrogens with two attached hydrogens (primary N) is 1. The molecule has 0 amide bonds. The van der Waals surface area contributed by atoms with Gasteiger partial charge in [-0.2, -0.15) is 32.3 Å². The molecule has 0 aliphatic carbocycles. The van der Waals surface area contributed by atoms with E-state index in [1.165, 1.54) is 6.07 Å². The van der Waals surface area contributed by atoms with Crippen molar-refractivity contribution in [3.05, 3.63) is 17.9 Å². The van der Waals surface area contributed by atoms with E-state index in [1.54, 1.807) is 0 Å². The van der Waals surface area contributed by atoms with Crippen LogP contribution in [0, 0.1) is 5.82 Å². The van der Waals surface area contributed by atoms with Crippen molar-refractivity contribution in [3.63, 3.8) is 0 Å². The van der Waals surface area contributed by atoms with E-state index in [2.05, 4.69) is 10.1 Å². The molecule has 1 atom stereocenters. The Bertz CT molecular complexity index is 457. The van der Waals surface area contributed by atoms with Gasteiger partial charge in [0, 0.05) is 41.2 Å². The normalized spacial score (nSPS) is 19.1. The average molecular weight is 324 g/mol. The molecule has 1 unspecified atom stereocenters. The Hall–Kier alpha value is -0.890. The highest BCUT2D eigenvalue weighted by Gasteiger charge is 2.16. The number of alkyl halides is 2. The van der Waals surface area contributed by atoms with Gasteiger partial charge in [0.05, 0.1) is 11.4 Å². The number of ether oxygens (including phenoxy) is 1. The summed E-state index contributed by atoms with van der Waals surface area (Å²) in [5, 5.41) is 3.50. The quantitative estimate of drug-likeness (QED) is 0.814. The van der Waals surface area contributed by atoms with E-state index in [0.29, 0.717) is 17.5 Å². The van der Waals surface area contributed by atoms with Gasteiger partial charge in [-0.05, 0) is 0 Å². The maximum Gasteiger partial charge on any atom is 0.387 e. The number of benzene rings is 1. The molecule has 1 aromatic carbocycles. The second-order valence-electron chi connectivity index (χ2n) is 4.20. The second-order valence-corrected chi connectivity index (χ2v) is 6.76. The first-order valence-corrected chi connectivity index (χ1v) is 8.23. The smallest absolute Gasteiger partial charge is 0.387 e. The van der Waals surface area contributed by atoms with Gasteiger partial charge >= 0.3 is 6.61 Å². The molecule has 1 fully saturated rings. The Balaban J connectivity index is 2.02. The predicted molar refractivity (Wildman–Crippen MR) is 79.5 cm³/mol. The lowest BCUT2D eigenvalue weighted by Crippen LogP contribution is -2.23. The second kappa shape index (κ2) is 7.21. The van der Waals surface area contributed by atoms with Crippen LogP contribution in [0.25, 0.3) is 0 Å². The molecule has 1 aliphatic heterocycles. The summed E-state index contributed by atoms with van der Waals surface area (Å²) < 4.78 is 41.9. The van der Waals surface area contributed by atoms with Crippen LogP contribution in [0.15, 0.2) is 12.1 Å². The summed E-state index contributed by atoms with van der Waals surface area (Å²) in [6, 6.07) is 2.17. The third-order valence-electron chi connectivity index (χ3n) is 2.73.